The number of hydrogen-bond donors (Lipinski definition) is 0. The molecule has 0 nitrogen and oxygen atoms in total. The van der Waals surface area contributed by atoms with Gasteiger partial charge in [-0.2, -0.15) is 0 Å². The molecule has 0 unspecified atom stereocenters. The van der Waals surface area contributed by atoms with E-state index in [1.165, 1.54) is 27.8 Å². The van der Waals surface area contributed by atoms with Gasteiger partial charge in [0.2, 0.25) is 0 Å². The van der Waals surface area contributed by atoms with Gasteiger partial charge in [0.05, 0.1) is 0 Å². The van der Waals surface area contributed by atoms with E-state index < -0.39 is 0 Å². The summed E-state index contributed by atoms with van der Waals surface area (Å²) in [6, 6.07) is 15.1. The number of hydrogen-bond acceptors (Lipinski definition) is 0. The highest BCUT2D eigenvalue weighted by Crippen LogP contribution is 2.09. The van der Waals surface area contributed by atoms with Crippen LogP contribution in [0.1, 0.15) is 41.7 Å². The molecule has 0 saturated heterocycles. The maximum absolute atomic E-state index is 2.21. The molecule has 0 bridgehead atoms. The first-order valence-corrected chi connectivity index (χ1v) is 7.19. The second-order valence-corrected chi connectivity index (χ2v) is 5.06. The lowest BCUT2D eigenvalue weighted by Crippen LogP contribution is -1.88. The highest BCUT2D eigenvalue weighted by atomic mass is 14.0. The maximum atomic E-state index is 2.21. The van der Waals surface area contributed by atoms with E-state index in [2.05, 4.69) is 77.1 Å². The van der Waals surface area contributed by atoms with E-state index in [0.29, 0.717) is 0 Å². The van der Waals surface area contributed by atoms with E-state index in [0.717, 1.165) is 12.8 Å². The highest BCUT2D eigenvalue weighted by Gasteiger charge is 1.94. The maximum Gasteiger partial charge on any atom is -0.0305 e. The molecule has 102 valence electrons. The lowest BCUT2D eigenvalue weighted by atomic mass is 10.0. The molecule has 0 N–H and O–H groups in total. The molecular formula is C19H26. The van der Waals surface area contributed by atoms with Gasteiger partial charge in [-0.05, 0) is 55.9 Å². The molecule has 19 heavy (non-hydrogen) atoms. The predicted molar refractivity (Wildman–Crippen MR) is 85.9 cm³/mol. The molecule has 2 aromatic rings. The van der Waals surface area contributed by atoms with Gasteiger partial charge in [0, 0.05) is 0 Å². The molecule has 0 saturated carbocycles. The summed E-state index contributed by atoms with van der Waals surface area (Å²) in [6.45, 7) is 10.8. The molecule has 0 spiro atoms. The Balaban J connectivity index is 0.000000191. The van der Waals surface area contributed by atoms with Gasteiger partial charge in [0.15, 0.2) is 0 Å². The molecule has 0 fully saturated rings. The first kappa shape index (κ1) is 15.5. The van der Waals surface area contributed by atoms with E-state index in [1.807, 2.05) is 0 Å². The van der Waals surface area contributed by atoms with Crippen LogP contribution in [0, 0.1) is 20.8 Å². The van der Waals surface area contributed by atoms with Crippen molar-refractivity contribution < 1.29 is 0 Å². The van der Waals surface area contributed by atoms with Crippen LogP contribution in [-0.2, 0) is 12.8 Å². The molecule has 2 aromatic carbocycles. The van der Waals surface area contributed by atoms with E-state index in [4.69, 9.17) is 0 Å². The number of aryl methyl sites for hydroxylation is 5. The fourth-order valence-corrected chi connectivity index (χ4v) is 2.14. The molecule has 0 heteroatoms. The molecule has 0 aliphatic carbocycles. The Labute approximate surface area is 118 Å². The zero-order valence-corrected chi connectivity index (χ0v) is 13.0. The van der Waals surface area contributed by atoms with Crippen LogP contribution < -0.4 is 0 Å². The summed E-state index contributed by atoms with van der Waals surface area (Å²) >= 11 is 0. The summed E-state index contributed by atoms with van der Waals surface area (Å²) < 4.78 is 0. The van der Waals surface area contributed by atoms with E-state index in [9.17, 15) is 0 Å². The first-order chi connectivity index (χ1) is 9.08. The Morgan fingerprint density at radius 2 is 1.21 bits per heavy atom. The second kappa shape index (κ2) is 7.78. The smallest absolute Gasteiger partial charge is 0.0305 e. The first-order valence-electron chi connectivity index (χ1n) is 7.19. The van der Waals surface area contributed by atoms with Crippen LogP contribution in [-0.4, -0.2) is 0 Å². The van der Waals surface area contributed by atoms with Crippen LogP contribution in [0.25, 0.3) is 0 Å². The standard InChI is InChI=1S/C10H14.C9H12/c1-3-9-7-5-6-8-10(9)4-2;1-7-4-5-8(2)9(3)6-7/h5-8H,3-4H2,1-2H3;4-6H,1-3H3. The normalized spacial score (nSPS) is 9.74. The summed E-state index contributed by atoms with van der Waals surface area (Å²) in [5, 5.41) is 0. The summed E-state index contributed by atoms with van der Waals surface area (Å²) in [6.07, 6.45) is 2.31. The van der Waals surface area contributed by atoms with Crippen molar-refractivity contribution in [2.45, 2.75) is 47.5 Å². The Bertz CT molecular complexity index is 486. The van der Waals surface area contributed by atoms with E-state index in [-0.39, 0.29) is 0 Å². The molecule has 0 radical (unpaired) electrons. The summed E-state index contributed by atoms with van der Waals surface area (Å²) in [4.78, 5) is 0. The van der Waals surface area contributed by atoms with Gasteiger partial charge in [-0.1, -0.05) is 61.9 Å². The monoisotopic (exact) mass is 254 g/mol. The van der Waals surface area contributed by atoms with Crippen LogP contribution in [0.4, 0.5) is 0 Å². The lowest BCUT2D eigenvalue weighted by molar-refractivity contribution is 1.04. The van der Waals surface area contributed by atoms with Crippen LogP contribution in [0.5, 0.6) is 0 Å². The predicted octanol–water partition coefficient (Wildman–Crippen LogP) is 5.42. The van der Waals surface area contributed by atoms with Gasteiger partial charge >= 0.3 is 0 Å². The number of benzene rings is 2. The third kappa shape index (κ3) is 4.90. The van der Waals surface area contributed by atoms with Crippen molar-refractivity contribution in [3.05, 3.63) is 70.3 Å². The van der Waals surface area contributed by atoms with E-state index >= 15 is 0 Å². The molecule has 0 atom stereocenters. The summed E-state index contributed by atoms with van der Waals surface area (Å²) in [5.74, 6) is 0. The summed E-state index contributed by atoms with van der Waals surface area (Å²) in [5.41, 5.74) is 7.09. The third-order valence-electron chi connectivity index (χ3n) is 3.54. The largest absolute Gasteiger partial charge is 0.0620 e. The minimum absolute atomic E-state index is 1.16. The SMILES string of the molecule is CCc1ccccc1CC.Cc1ccc(C)c(C)c1. The van der Waals surface area contributed by atoms with Crippen molar-refractivity contribution in [3.8, 4) is 0 Å². The Hall–Kier alpha value is -1.56. The molecule has 0 aromatic heterocycles. The van der Waals surface area contributed by atoms with Crippen molar-refractivity contribution in [1.29, 1.82) is 0 Å². The van der Waals surface area contributed by atoms with Crippen LogP contribution in [0.3, 0.4) is 0 Å². The van der Waals surface area contributed by atoms with Crippen molar-refractivity contribution in [2.24, 2.45) is 0 Å². The molecule has 2 rings (SSSR count). The van der Waals surface area contributed by atoms with Gasteiger partial charge in [-0.25, -0.2) is 0 Å². The van der Waals surface area contributed by atoms with Crippen LogP contribution >= 0.6 is 0 Å². The van der Waals surface area contributed by atoms with Crippen molar-refractivity contribution in [3.63, 3.8) is 0 Å². The second-order valence-electron chi connectivity index (χ2n) is 5.06. The van der Waals surface area contributed by atoms with Crippen molar-refractivity contribution >= 4 is 0 Å². The highest BCUT2D eigenvalue weighted by molar-refractivity contribution is 5.28. The Morgan fingerprint density at radius 1 is 0.684 bits per heavy atom. The van der Waals surface area contributed by atoms with Crippen molar-refractivity contribution in [1.82, 2.24) is 0 Å². The molecule has 0 heterocycles. The molecule has 0 aliphatic heterocycles. The van der Waals surface area contributed by atoms with Gasteiger partial charge in [0.1, 0.15) is 0 Å². The summed E-state index contributed by atoms with van der Waals surface area (Å²) in [7, 11) is 0. The number of rotatable bonds is 2. The zero-order valence-electron chi connectivity index (χ0n) is 13.0. The van der Waals surface area contributed by atoms with Gasteiger partial charge in [-0.15, -0.1) is 0 Å². The zero-order chi connectivity index (χ0) is 14.3. The minimum atomic E-state index is 1.16. The average molecular weight is 254 g/mol. The third-order valence-corrected chi connectivity index (χ3v) is 3.54. The molecule has 0 amide bonds. The average Bonchev–Trinajstić information content (AvgIpc) is 2.44. The Kier molecular flexibility index (Phi) is 6.35. The van der Waals surface area contributed by atoms with E-state index in [1.54, 1.807) is 0 Å². The van der Waals surface area contributed by atoms with Crippen molar-refractivity contribution in [2.75, 3.05) is 0 Å². The quantitative estimate of drug-likeness (QED) is 0.671. The fraction of sp³-hybridized carbons (Fsp3) is 0.368. The van der Waals surface area contributed by atoms with Crippen LogP contribution in [0.15, 0.2) is 42.5 Å². The van der Waals surface area contributed by atoms with Gasteiger partial charge in [-0.3, -0.25) is 0 Å². The van der Waals surface area contributed by atoms with Gasteiger partial charge in [0.25, 0.3) is 0 Å². The lowest BCUT2D eigenvalue weighted by Gasteiger charge is -2.02. The van der Waals surface area contributed by atoms with Gasteiger partial charge < -0.3 is 0 Å². The van der Waals surface area contributed by atoms with Crippen LogP contribution in [0.2, 0.25) is 0 Å². The minimum Gasteiger partial charge on any atom is -0.0620 e. The topological polar surface area (TPSA) is 0 Å². The fourth-order valence-electron chi connectivity index (χ4n) is 2.14. The molecule has 0 aliphatic rings. The Morgan fingerprint density at radius 3 is 1.58 bits per heavy atom. The molecular weight excluding hydrogens is 228 g/mol.